The van der Waals surface area contributed by atoms with Crippen LogP contribution in [0.15, 0.2) is 0 Å². The molecule has 1 aliphatic carbocycles. The SMILES string of the molecule is CCO[SiH2]CCCN(CC1CCCC(CN(CC2CO2)CC2CO2)C1)CC1CO1. The van der Waals surface area contributed by atoms with Gasteiger partial charge in [0, 0.05) is 39.3 Å². The molecule has 0 aromatic heterocycles. The Hall–Kier alpha value is -0.0231. The largest absolute Gasteiger partial charge is 0.424 e. The summed E-state index contributed by atoms with van der Waals surface area (Å²) < 4.78 is 22.2. The topological polar surface area (TPSA) is 53.3 Å². The molecule has 1 saturated carbocycles. The Kier molecular flexibility index (Phi) is 8.84. The molecule has 29 heavy (non-hydrogen) atoms. The van der Waals surface area contributed by atoms with Crippen molar-refractivity contribution in [3.63, 3.8) is 0 Å². The molecule has 5 atom stereocenters. The van der Waals surface area contributed by atoms with Crippen molar-refractivity contribution < 1.29 is 18.6 Å². The summed E-state index contributed by atoms with van der Waals surface area (Å²) in [5, 5.41) is 0. The lowest BCUT2D eigenvalue weighted by molar-refractivity contribution is 0.129. The first-order valence-corrected chi connectivity index (χ1v) is 13.7. The summed E-state index contributed by atoms with van der Waals surface area (Å²) in [4.78, 5) is 5.34. The summed E-state index contributed by atoms with van der Waals surface area (Å²) in [5.74, 6) is 1.70. The average molecular weight is 427 g/mol. The van der Waals surface area contributed by atoms with E-state index in [9.17, 15) is 0 Å². The van der Waals surface area contributed by atoms with E-state index in [0.717, 1.165) is 57.9 Å². The standard InChI is InChI=1S/C22H42N2O4Si/c1-2-28-29-8-4-7-23(12-20-15-25-20)10-18-5-3-6-19(9-18)11-24(13-21-16-26-21)14-22-17-27-22/h18-22H,2-17,29H2,1H3. The van der Waals surface area contributed by atoms with E-state index in [1.54, 1.807) is 0 Å². The third-order valence-electron chi connectivity index (χ3n) is 6.73. The van der Waals surface area contributed by atoms with Gasteiger partial charge in [0.2, 0.25) is 0 Å². The molecule has 3 aliphatic heterocycles. The molecule has 0 aromatic rings. The Labute approximate surface area is 179 Å². The Morgan fingerprint density at radius 3 is 1.93 bits per heavy atom. The minimum absolute atomic E-state index is 0.288. The first kappa shape index (κ1) is 22.2. The van der Waals surface area contributed by atoms with Crippen molar-refractivity contribution in [1.29, 1.82) is 0 Å². The monoisotopic (exact) mass is 426 g/mol. The first-order valence-electron chi connectivity index (χ1n) is 12.2. The molecular weight excluding hydrogens is 384 g/mol. The van der Waals surface area contributed by atoms with Gasteiger partial charge in [-0.05, 0) is 57.0 Å². The number of hydrogen-bond donors (Lipinski definition) is 0. The molecule has 0 bridgehead atoms. The first-order chi connectivity index (χ1) is 14.3. The molecule has 0 amide bonds. The lowest BCUT2D eigenvalue weighted by Gasteiger charge is -2.35. The fourth-order valence-corrected chi connectivity index (χ4v) is 5.93. The molecule has 4 fully saturated rings. The van der Waals surface area contributed by atoms with Crippen LogP contribution in [-0.2, 0) is 18.6 Å². The number of ether oxygens (including phenoxy) is 3. The maximum atomic E-state index is 5.65. The van der Waals surface area contributed by atoms with Crippen LogP contribution >= 0.6 is 0 Å². The maximum Gasteiger partial charge on any atom is 0.161 e. The van der Waals surface area contributed by atoms with Crippen molar-refractivity contribution in [2.75, 3.05) is 65.7 Å². The smallest absolute Gasteiger partial charge is 0.161 e. The molecule has 0 N–H and O–H groups in total. The second kappa shape index (κ2) is 11.6. The van der Waals surface area contributed by atoms with Crippen LogP contribution < -0.4 is 0 Å². The Morgan fingerprint density at radius 2 is 1.38 bits per heavy atom. The molecule has 0 aromatic carbocycles. The van der Waals surface area contributed by atoms with Crippen molar-refractivity contribution in [3.05, 3.63) is 0 Å². The van der Waals surface area contributed by atoms with Gasteiger partial charge < -0.3 is 23.5 Å². The van der Waals surface area contributed by atoms with E-state index in [1.165, 1.54) is 57.8 Å². The van der Waals surface area contributed by atoms with Crippen LogP contribution in [0.1, 0.15) is 39.0 Å². The third kappa shape index (κ3) is 8.93. The fraction of sp³-hybridized carbons (Fsp3) is 1.00. The number of rotatable bonds is 16. The third-order valence-corrected chi connectivity index (χ3v) is 8.22. The number of nitrogens with zero attached hydrogens (tertiary/aromatic N) is 2. The van der Waals surface area contributed by atoms with E-state index >= 15 is 0 Å². The average Bonchev–Trinajstić information content (AvgIpc) is 3.53. The highest BCUT2D eigenvalue weighted by Gasteiger charge is 2.33. The normalized spacial score (nSPS) is 33.8. The summed E-state index contributed by atoms with van der Waals surface area (Å²) in [6, 6.07) is 1.31. The molecule has 6 nitrogen and oxygen atoms in total. The highest BCUT2D eigenvalue weighted by molar-refractivity contribution is 6.26. The minimum Gasteiger partial charge on any atom is -0.424 e. The highest BCUT2D eigenvalue weighted by atomic mass is 28.2. The summed E-state index contributed by atoms with van der Waals surface area (Å²) in [5.41, 5.74) is 0. The second-order valence-electron chi connectivity index (χ2n) is 9.65. The zero-order valence-corrected chi connectivity index (χ0v) is 19.8. The molecule has 5 unspecified atom stereocenters. The van der Waals surface area contributed by atoms with Gasteiger partial charge in [0.05, 0.1) is 38.1 Å². The summed E-state index contributed by atoms with van der Waals surface area (Å²) in [6.45, 7) is 13.0. The van der Waals surface area contributed by atoms with Crippen molar-refractivity contribution in [1.82, 2.24) is 9.80 Å². The quantitative estimate of drug-likeness (QED) is 0.212. The Balaban J connectivity index is 1.20. The summed E-state index contributed by atoms with van der Waals surface area (Å²) in [6.07, 6.45) is 8.37. The van der Waals surface area contributed by atoms with Gasteiger partial charge >= 0.3 is 0 Å². The Bertz CT molecular complexity index is 460. The van der Waals surface area contributed by atoms with Crippen LogP contribution in [0.2, 0.25) is 6.04 Å². The van der Waals surface area contributed by atoms with Gasteiger partial charge in [-0.1, -0.05) is 6.42 Å². The van der Waals surface area contributed by atoms with Crippen LogP contribution in [0.4, 0.5) is 0 Å². The molecule has 3 saturated heterocycles. The fourth-order valence-electron chi connectivity index (χ4n) is 5.01. The summed E-state index contributed by atoms with van der Waals surface area (Å²) >= 11 is 0. The predicted octanol–water partition coefficient (Wildman–Crippen LogP) is 1.52. The molecule has 0 radical (unpaired) electrons. The van der Waals surface area contributed by atoms with E-state index in [-0.39, 0.29) is 9.76 Å². The molecule has 0 spiro atoms. The van der Waals surface area contributed by atoms with Crippen LogP contribution in [0.3, 0.4) is 0 Å². The van der Waals surface area contributed by atoms with E-state index in [4.69, 9.17) is 18.6 Å². The lowest BCUT2D eigenvalue weighted by Crippen LogP contribution is -2.39. The van der Waals surface area contributed by atoms with Gasteiger partial charge in [0.15, 0.2) is 9.76 Å². The molecule has 168 valence electrons. The molecule has 4 aliphatic rings. The van der Waals surface area contributed by atoms with Crippen LogP contribution in [0.25, 0.3) is 0 Å². The van der Waals surface area contributed by atoms with Gasteiger partial charge in [0.1, 0.15) is 0 Å². The minimum atomic E-state index is -0.288. The van der Waals surface area contributed by atoms with Crippen LogP contribution in [0, 0.1) is 11.8 Å². The van der Waals surface area contributed by atoms with E-state index in [0.29, 0.717) is 18.3 Å². The van der Waals surface area contributed by atoms with Crippen molar-refractivity contribution in [3.8, 4) is 0 Å². The highest BCUT2D eigenvalue weighted by Crippen LogP contribution is 2.31. The van der Waals surface area contributed by atoms with Crippen molar-refractivity contribution in [2.24, 2.45) is 11.8 Å². The van der Waals surface area contributed by atoms with Gasteiger partial charge in [0.25, 0.3) is 0 Å². The van der Waals surface area contributed by atoms with Gasteiger partial charge in [-0.25, -0.2) is 0 Å². The maximum absolute atomic E-state index is 5.65. The molecular formula is C22H42N2O4Si. The Morgan fingerprint density at radius 1 is 0.828 bits per heavy atom. The van der Waals surface area contributed by atoms with E-state index in [1.807, 2.05) is 0 Å². The van der Waals surface area contributed by atoms with Gasteiger partial charge in [-0.3, -0.25) is 4.90 Å². The lowest BCUT2D eigenvalue weighted by atomic mass is 9.80. The number of hydrogen-bond acceptors (Lipinski definition) is 6. The van der Waals surface area contributed by atoms with Crippen LogP contribution in [-0.4, -0.2) is 104 Å². The van der Waals surface area contributed by atoms with Crippen molar-refractivity contribution >= 4 is 9.76 Å². The van der Waals surface area contributed by atoms with Crippen LogP contribution in [0.5, 0.6) is 0 Å². The molecule has 4 rings (SSSR count). The van der Waals surface area contributed by atoms with E-state index < -0.39 is 0 Å². The number of epoxide rings is 3. The zero-order valence-electron chi connectivity index (χ0n) is 18.4. The van der Waals surface area contributed by atoms with E-state index in [2.05, 4.69) is 16.7 Å². The predicted molar refractivity (Wildman–Crippen MR) is 117 cm³/mol. The van der Waals surface area contributed by atoms with Gasteiger partial charge in [-0.15, -0.1) is 0 Å². The second-order valence-corrected chi connectivity index (χ2v) is 11.2. The molecule has 7 heteroatoms. The summed E-state index contributed by atoms with van der Waals surface area (Å²) in [7, 11) is -0.288. The zero-order chi connectivity index (χ0) is 19.9. The van der Waals surface area contributed by atoms with Gasteiger partial charge in [-0.2, -0.15) is 0 Å². The van der Waals surface area contributed by atoms with Crippen molar-refractivity contribution in [2.45, 2.75) is 63.4 Å². The molecule has 3 heterocycles.